The van der Waals surface area contributed by atoms with E-state index in [-0.39, 0.29) is 54.6 Å². The van der Waals surface area contributed by atoms with Crippen molar-refractivity contribution in [1.29, 1.82) is 0 Å². The summed E-state index contributed by atoms with van der Waals surface area (Å²) in [6.07, 6.45) is 0. The van der Waals surface area contributed by atoms with Gasteiger partial charge >= 0.3 is 17.4 Å². The zero-order chi connectivity index (χ0) is 3.58. The van der Waals surface area contributed by atoms with Crippen molar-refractivity contribution in [3.05, 3.63) is 0 Å². The van der Waals surface area contributed by atoms with Crippen LogP contribution in [0.25, 0.3) is 0 Å². The minimum Gasteiger partial charge on any atom is -1.00 e. The van der Waals surface area contributed by atoms with Crippen LogP contribution in [0.5, 0.6) is 0 Å². The fraction of sp³-hybridized carbons (Fsp3) is 1.00. The molecule has 0 fully saturated rings. The molecule has 0 aromatic carbocycles. The molecule has 0 spiro atoms. The molecule has 0 radical (unpaired) electrons. The fourth-order valence-corrected chi connectivity index (χ4v) is 0. The van der Waals surface area contributed by atoms with Gasteiger partial charge in [-0.3, -0.25) is 0 Å². The maximum Gasteiger partial charge on any atom is 3.00 e. The number of hydrogen-bond acceptors (Lipinski definition) is 0. The van der Waals surface area contributed by atoms with Gasteiger partial charge in [0, 0.05) is 0 Å². The Hall–Kier alpha value is 1.40. The molecule has 0 saturated carbocycles. The normalized spacial score (nSPS) is 4.50. The summed E-state index contributed by atoms with van der Waals surface area (Å²) in [4.78, 5) is 0. The van der Waals surface area contributed by atoms with Gasteiger partial charge in [-0.05, 0) is 5.92 Å². The van der Waals surface area contributed by atoms with Crippen molar-refractivity contribution >= 4 is 17.4 Å². The van der Waals surface area contributed by atoms with E-state index in [0.29, 0.717) is 0 Å². The third kappa shape index (κ3) is 154. The first-order valence-corrected chi connectivity index (χ1v) is 1.73. The van der Waals surface area contributed by atoms with Crippen LogP contribution >= 0.6 is 0 Å². The number of halogens is 3. The van der Waals surface area contributed by atoms with E-state index in [0.717, 1.165) is 5.92 Å². The first kappa shape index (κ1) is 34.3. The van der Waals surface area contributed by atoms with Crippen molar-refractivity contribution < 1.29 is 37.2 Å². The van der Waals surface area contributed by atoms with Crippen LogP contribution in [0, 0.1) is 5.92 Å². The quantitative estimate of drug-likeness (QED) is 0.334. The van der Waals surface area contributed by atoms with Gasteiger partial charge in [0.05, 0.1) is 0 Å². The summed E-state index contributed by atoms with van der Waals surface area (Å²) in [5.41, 5.74) is 0. The SMILES string of the molecule is CC(C)C.[Al+3].[Cl-].[Cl-].[Cl-]. The van der Waals surface area contributed by atoms with E-state index >= 15 is 0 Å². The van der Waals surface area contributed by atoms with Crippen LogP contribution in [0.1, 0.15) is 20.8 Å². The number of hydrogen-bond donors (Lipinski definition) is 0. The summed E-state index contributed by atoms with van der Waals surface area (Å²) in [7, 11) is 0. The molecular formula is C4H10AlCl3. The molecule has 0 nitrogen and oxygen atoms in total. The Bertz CT molecular complexity index is 16.0. The largest absolute Gasteiger partial charge is 3.00 e. The maximum atomic E-state index is 2.17. The molecule has 0 aromatic heterocycles. The van der Waals surface area contributed by atoms with Gasteiger partial charge < -0.3 is 37.2 Å². The van der Waals surface area contributed by atoms with Gasteiger partial charge in [-0.2, -0.15) is 0 Å². The van der Waals surface area contributed by atoms with Crippen molar-refractivity contribution in [3.8, 4) is 0 Å². The molecule has 0 N–H and O–H groups in total. The predicted octanol–water partition coefficient (Wildman–Crippen LogP) is -7.71. The monoisotopic (exact) mass is 190 g/mol. The zero-order valence-corrected chi connectivity index (χ0v) is 8.71. The van der Waals surface area contributed by atoms with Gasteiger partial charge in [-0.25, -0.2) is 0 Å². The van der Waals surface area contributed by atoms with E-state index in [4.69, 9.17) is 0 Å². The molecule has 0 aromatic rings. The Morgan fingerprint density at radius 1 is 0.750 bits per heavy atom. The minimum absolute atomic E-state index is 0. The van der Waals surface area contributed by atoms with Crippen molar-refractivity contribution in [1.82, 2.24) is 0 Å². The zero-order valence-electron chi connectivity index (χ0n) is 5.29. The average molecular weight is 191 g/mol. The third-order valence-corrected chi connectivity index (χ3v) is 0. The molecule has 0 aliphatic rings. The standard InChI is InChI=1S/C4H10.Al.3ClH/c1-4(2)3;;;;/h4H,1-3H3;;3*1H/q;+3;;;/p-3. The maximum absolute atomic E-state index is 2.17. The Morgan fingerprint density at radius 3 is 0.750 bits per heavy atom. The van der Waals surface area contributed by atoms with Gasteiger partial charge in [-0.15, -0.1) is 0 Å². The minimum atomic E-state index is 0. The van der Waals surface area contributed by atoms with Crippen molar-refractivity contribution in [2.45, 2.75) is 20.8 Å². The van der Waals surface area contributed by atoms with E-state index in [9.17, 15) is 0 Å². The summed E-state index contributed by atoms with van der Waals surface area (Å²) in [5.74, 6) is 0.833. The molecule has 4 heteroatoms. The molecule has 0 unspecified atom stereocenters. The second-order valence-corrected chi connectivity index (χ2v) is 1.73. The second kappa shape index (κ2) is 23.8. The van der Waals surface area contributed by atoms with Crippen LogP contribution in [0.3, 0.4) is 0 Å². The predicted molar refractivity (Wildman–Crippen MR) is 26.3 cm³/mol. The van der Waals surface area contributed by atoms with Gasteiger partial charge in [-0.1, -0.05) is 20.8 Å². The first-order chi connectivity index (χ1) is 1.73. The van der Waals surface area contributed by atoms with Crippen molar-refractivity contribution in [2.75, 3.05) is 0 Å². The van der Waals surface area contributed by atoms with Crippen molar-refractivity contribution in [3.63, 3.8) is 0 Å². The van der Waals surface area contributed by atoms with E-state index in [1.54, 1.807) is 0 Å². The molecule has 0 saturated heterocycles. The van der Waals surface area contributed by atoms with Gasteiger partial charge in [0.15, 0.2) is 0 Å². The van der Waals surface area contributed by atoms with E-state index < -0.39 is 0 Å². The number of rotatable bonds is 0. The van der Waals surface area contributed by atoms with Crippen LogP contribution in [0.4, 0.5) is 0 Å². The molecule has 0 aliphatic carbocycles. The summed E-state index contributed by atoms with van der Waals surface area (Å²) >= 11 is 0. The Balaban J connectivity index is -0.00000000750. The molecular weight excluding hydrogens is 181 g/mol. The van der Waals surface area contributed by atoms with Crippen LogP contribution in [0.2, 0.25) is 0 Å². The molecule has 50 valence electrons. The Morgan fingerprint density at radius 2 is 0.750 bits per heavy atom. The van der Waals surface area contributed by atoms with E-state index in [1.165, 1.54) is 0 Å². The van der Waals surface area contributed by atoms with Gasteiger partial charge in [0.2, 0.25) is 0 Å². The smallest absolute Gasteiger partial charge is 1.00 e. The summed E-state index contributed by atoms with van der Waals surface area (Å²) < 4.78 is 0. The molecule has 0 aliphatic heterocycles. The molecule has 0 amide bonds. The van der Waals surface area contributed by atoms with Crippen LogP contribution in [-0.2, 0) is 0 Å². The second-order valence-electron chi connectivity index (χ2n) is 1.73. The summed E-state index contributed by atoms with van der Waals surface area (Å²) in [5, 5.41) is 0. The molecule has 0 atom stereocenters. The average Bonchev–Trinajstić information content (AvgIpc) is 0.811. The first-order valence-electron chi connectivity index (χ1n) is 1.73. The van der Waals surface area contributed by atoms with E-state index in [2.05, 4.69) is 20.8 Å². The third-order valence-electron chi connectivity index (χ3n) is 0. The fourth-order valence-electron chi connectivity index (χ4n) is 0. The van der Waals surface area contributed by atoms with Gasteiger partial charge in [0.25, 0.3) is 0 Å². The Kier molecular flexibility index (Phi) is 102. The molecule has 0 heterocycles. The van der Waals surface area contributed by atoms with Crippen LogP contribution in [-0.4, -0.2) is 17.4 Å². The van der Waals surface area contributed by atoms with E-state index in [1.807, 2.05) is 0 Å². The van der Waals surface area contributed by atoms with Gasteiger partial charge in [0.1, 0.15) is 0 Å². The summed E-state index contributed by atoms with van der Waals surface area (Å²) in [6.45, 7) is 6.50. The molecule has 0 bridgehead atoms. The summed E-state index contributed by atoms with van der Waals surface area (Å²) in [6, 6.07) is 0. The topological polar surface area (TPSA) is 0 Å². The molecule has 8 heavy (non-hydrogen) atoms. The Labute approximate surface area is 81.2 Å². The van der Waals surface area contributed by atoms with Crippen LogP contribution in [0.15, 0.2) is 0 Å². The van der Waals surface area contributed by atoms with Crippen molar-refractivity contribution in [2.24, 2.45) is 5.92 Å². The van der Waals surface area contributed by atoms with Crippen LogP contribution < -0.4 is 37.2 Å². The molecule has 0 rings (SSSR count).